The zero-order chi connectivity index (χ0) is 20.3. The second-order valence-electron chi connectivity index (χ2n) is 8.63. The molecule has 1 aliphatic rings. The highest BCUT2D eigenvalue weighted by Crippen LogP contribution is 2.27. The number of likely N-dealkylation sites (N-methyl/N-ethyl adjacent to an activating group) is 1. The van der Waals surface area contributed by atoms with Gasteiger partial charge in [-0.25, -0.2) is 4.98 Å². The molecule has 0 aliphatic carbocycles. The van der Waals surface area contributed by atoms with Crippen molar-refractivity contribution in [2.24, 2.45) is 0 Å². The number of rotatable bonds is 3. The summed E-state index contributed by atoms with van der Waals surface area (Å²) in [6.07, 6.45) is 1.54. The Labute approximate surface area is 168 Å². The first-order valence-corrected chi connectivity index (χ1v) is 9.69. The van der Waals surface area contributed by atoms with Crippen molar-refractivity contribution in [3.8, 4) is 0 Å². The standard InChI is InChI=1S/C19H24N10/c1-12-8-16(29-18(22-12)20-11-21-29)26(5)13-9-27(10-13)15-7-6-14-23-24-17(19(2,3)4)28(14)25-15/h6-8,11,13H,9-10H2,1-5H3. The van der Waals surface area contributed by atoms with Gasteiger partial charge < -0.3 is 9.80 Å². The number of aromatic nitrogens is 8. The molecule has 0 bridgehead atoms. The molecule has 4 aromatic rings. The van der Waals surface area contributed by atoms with Gasteiger partial charge in [0.2, 0.25) is 0 Å². The summed E-state index contributed by atoms with van der Waals surface area (Å²) in [5.74, 6) is 3.41. The monoisotopic (exact) mass is 392 g/mol. The molecule has 1 aliphatic heterocycles. The van der Waals surface area contributed by atoms with E-state index in [1.807, 2.05) is 29.6 Å². The van der Waals surface area contributed by atoms with Crippen molar-refractivity contribution in [3.05, 3.63) is 36.0 Å². The summed E-state index contributed by atoms with van der Waals surface area (Å²) in [4.78, 5) is 13.1. The molecular formula is C19H24N10. The van der Waals surface area contributed by atoms with Crippen molar-refractivity contribution in [1.29, 1.82) is 0 Å². The van der Waals surface area contributed by atoms with Crippen LogP contribution >= 0.6 is 0 Å². The van der Waals surface area contributed by atoms with E-state index >= 15 is 0 Å². The molecule has 1 saturated heterocycles. The maximum Gasteiger partial charge on any atom is 0.254 e. The molecule has 0 spiro atoms. The molecule has 0 N–H and O–H groups in total. The summed E-state index contributed by atoms with van der Waals surface area (Å²) in [5.41, 5.74) is 1.58. The molecule has 0 atom stereocenters. The highest BCUT2D eigenvalue weighted by Gasteiger charge is 2.33. The summed E-state index contributed by atoms with van der Waals surface area (Å²) in [6, 6.07) is 6.39. The van der Waals surface area contributed by atoms with E-state index in [0.29, 0.717) is 11.8 Å². The fraction of sp³-hybridized carbons (Fsp3) is 0.474. The lowest BCUT2D eigenvalue weighted by molar-refractivity contribution is 0.480. The van der Waals surface area contributed by atoms with Crippen LogP contribution in [0.4, 0.5) is 11.6 Å². The Balaban J connectivity index is 1.38. The van der Waals surface area contributed by atoms with Gasteiger partial charge in [-0.1, -0.05) is 20.8 Å². The molecule has 4 aromatic heterocycles. The van der Waals surface area contributed by atoms with Crippen LogP contribution in [0.1, 0.15) is 32.3 Å². The topological polar surface area (TPSA) is 92.6 Å². The largest absolute Gasteiger partial charge is 0.353 e. The molecule has 0 unspecified atom stereocenters. The minimum absolute atomic E-state index is 0.120. The van der Waals surface area contributed by atoms with Gasteiger partial charge in [0.25, 0.3) is 5.78 Å². The Morgan fingerprint density at radius 2 is 1.90 bits per heavy atom. The Morgan fingerprint density at radius 3 is 2.66 bits per heavy atom. The van der Waals surface area contributed by atoms with Crippen molar-refractivity contribution in [2.45, 2.75) is 39.2 Å². The third-order valence-corrected chi connectivity index (χ3v) is 5.38. The predicted molar refractivity (Wildman–Crippen MR) is 109 cm³/mol. The minimum Gasteiger partial charge on any atom is -0.353 e. The van der Waals surface area contributed by atoms with Crippen molar-refractivity contribution in [2.75, 3.05) is 29.9 Å². The molecule has 1 fully saturated rings. The number of nitrogens with zero attached hydrogens (tertiary/aromatic N) is 10. The van der Waals surface area contributed by atoms with E-state index in [-0.39, 0.29) is 5.41 Å². The maximum absolute atomic E-state index is 4.81. The van der Waals surface area contributed by atoms with Crippen LogP contribution in [0.3, 0.4) is 0 Å². The maximum atomic E-state index is 4.81. The van der Waals surface area contributed by atoms with Gasteiger partial charge in [0, 0.05) is 37.3 Å². The quantitative estimate of drug-likeness (QED) is 0.518. The van der Waals surface area contributed by atoms with Gasteiger partial charge in [0.05, 0.1) is 6.04 Å². The zero-order valence-corrected chi connectivity index (χ0v) is 17.3. The molecule has 5 heterocycles. The first kappa shape index (κ1) is 17.8. The van der Waals surface area contributed by atoms with Crippen LogP contribution in [0.15, 0.2) is 24.5 Å². The normalized spacial score (nSPS) is 15.3. The van der Waals surface area contributed by atoms with Gasteiger partial charge >= 0.3 is 0 Å². The lowest BCUT2D eigenvalue weighted by Crippen LogP contribution is -2.59. The van der Waals surface area contributed by atoms with Crippen molar-refractivity contribution in [3.63, 3.8) is 0 Å². The Morgan fingerprint density at radius 1 is 1.10 bits per heavy atom. The molecule has 150 valence electrons. The Hall–Kier alpha value is -3.30. The van der Waals surface area contributed by atoms with Crippen LogP contribution < -0.4 is 9.80 Å². The Bertz CT molecular complexity index is 1190. The number of hydrogen-bond acceptors (Lipinski definition) is 8. The van der Waals surface area contributed by atoms with E-state index in [2.05, 4.69) is 62.9 Å². The van der Waals surface area contributed by atoms with Crippen LogP contribution in [-0.2, 0) is 5.41 Å². The van der Waals surface area contributed by atoms with E-state index in [4.69, 9.17) is 5.10 Å². The van der Waals surface area contributed by atoms with Gasteiger partial charge in [0.1, 0.15) is 18.0 Å². The highest BCUT2D eigenvalue weighted by atomic mass is 15.4. The van der Waals surface area contributed by atoms with E-state index < -0.39 is 0 Å². The van der Waals surface area contributed by atoms with Crippen molar-refractivity contribution < 1.29 is 0 Å². The van der Waals surface area contributed by atoms with Crippen LogP contribution in [0.5, 0.6) is 0 Å². The molecule has 29 heavy (non-hydrogen) atoms. The average molecular weight is 392 g/mol. The lowest BCUT2D eigenvalue weighted by atomic mass is 9.96. The van der Waals surface area contributed by atoms with Gasteiger partial charge in [-0.3, -0.25) is 0 Å². The third-order valence-electron chi connectivity index (χ3n) is 5.38. The summed E-state index contributed by atoms with van der Waals surface area (Å²) < 4.78 is 3.64. The zero-order valence-electron chi connectivity index (χ0n) is 17.3. The fourth-order valence-electron chi connectivity index (χ4n) is 3.65. The predicted octanol–water partition coefficient (Wildman–Crippen LogP) is 1.49. The van der Waals surface area contributed by atoms with E-state index in [0.717, 1.165) is 41.9 Å². The van der Waals surface area contributed by atoms with Gasteiger partial charge in [0.15, 0.2) is 11.5 Å². The first-order valence-electron chi connectivity index (χ1n) is 9.69. The smallest absolute Gasteiger partial charge is 0.254 e. The van der Waals surface area contributed by atoms with Crippen LogP contribution in [0.2, 0.25) is 0 Å². The molecule has 10 heteroatoms. The summed E-state index contributed by atoms with van der Waals surface area (Å²) in [7, 11) is 2.09. The summed E-state index contributed by atoms with van der Waals surface area (Å²) in [6.45, 7) is 10.1. The van der Waals surface area contributed by atoms with E-state index in [9.17, 15) is 0 Å². The van der Waals surface area contributed by atoms with Gasteiger partial charge in [-0.15, -0.1) is 15.3 Å². The first-order chi connectivity index (χ1) is 13.8. The van der Waals surface area contributed by atoms with Gasteiger partial charge in [-0.2, -0.15) is 19.1 Å². The SMILES string of the molecule is Cc1cc(N(C)C2CN(c3ccc4nnc(C(C)(C)C)n4n3)C2)n2ncnc2n1. The molecular weight excluding hydrogens is 368 g/mol. The summed E-state index contributed by atoms with van der Waals surface area (Å²) >= 11 is 0. The number of hydrogen-bond donors (Lipinski definition) is 0. The molecule has 0 aromatic carbocycles. The van der Waals surface area contributed by atoms with Crippen LogP contribution in [0.25, 0.3) is 11.4 Å². The number of fused-ring (bicyclic) bond motifs is 2. The van der Waals surface area contributed by atoms with Crippen molar-refractivity contribution in [1.82, 2.24) is 39.4 Å². The lowest BCUT2D eigenvalue weighted by Gasteiger charge is -2.45. The van der Waals surface area contributed by atoms with Crippen LogP contribution in [0, 0.1) is 6.92 Å². The molecule has 5 rings (SSSR count). The minimum atomic E-state index is -0.120. The van der Waals surface area contributed by atoms with Crippen molar-refractivity contribution >= 4 is 23.1 Å². The molecule has 0 radical (unpaired) electrons. The molecule has 0 amide bonds. The average Bonchev–Trinajstić information content (AvgIpc) is 3.25. The van der Waals surface area contributed by atoms with Crippen LogP contribution in [-0.4, -0.2) is 65.6 Å². The van der Waals surface area contributed by atoms with E-state index in [1.165, 1.54) is 6.33 Å². The van der Waals surface area contributed by atoms with Gasteiger partial charge in [-0.05, 0) is 19.1 Å². The van der Waals surface area contributed by atoms with E-state index in [1.54, 1.807) is 4.52 Å². The molecule has 10 nitrogen and oxygen atoms in total. The Kier molecular flexibility index (Phi) is 3.74. The second kappa shape index (κ2) is 6.10. The number of anilines is 2. The molecule has 0 saturated carbocycles. The third kappa shape index (κ3) is 2.86. The fourth-order valence-corrected chi connectivity index (χ4v) is 3.65. The highest BCUT2D eigenvalue weighted by molar-refractivity contribution is 5.53. The second-order valence-corrected chi connectivity index (χ2v) is 8.63. The summed E-state index contributed by atoms with van der Waals surface area (Å²) in [5, 5.41) is 17.7. The number of aryl methyl sites for hydroxylation is 1.